The van der Waals surface area contributed by atoms with E-state index in [4.69, 9.17) is 5.73 Å². The fraction of sp³-hybridized carbons (Fsp3) is 0.286. The van der Waals surface area contributed by atoms with Crippen LogP contribution in [0.15, 0.2) is 17.1 Å². The first-order valence-electron chi connectivity index (χ1n) is 3.77. The lowest BCUT2D eigenvalue weighted by atomic mass is 10.2. The summed E-state index contributed by atoms with van der Waals surface area (Å²) in [5.41, 5.74) is 9.24. The first-order valence-corrected chi connectivity index (χ1v) is 4.71. The van der Waals surface area contributed by atoms with Crippen LogP contribution in [0.5, 0.6) is 0 Å². The Balaban J connectivity index is 2.28. The van der Waals surface area contributed by atoms with Gasteiger partial charge in [0.05, 0.1) is 23.4 Å². The van der Waals surface area contributed by atoms with E-state index < -0.39 is 0 Å². The highest BCUT2D eigenvalue weighted by atomic mass is 32.1. The fourth-order valence-corrected chi connectivity index (χ4v) is 1.63. The maximum Gasteiger partial charge on any atom is 0.106 e. The van der Waals surface area contributed by atoms with Crippen molar-refractivity contribution in [2.45, 2.75) is 6.04 Å². The van der Waals surface area contributed by atoms with Crippen molar-refractivity contribution in [3.63, 3.8) is 0 Å². The number of nitrogens with two attached hydrogens (primary N) is 1. The van der Waals surface area contributed by atoms with Crippen molar-refractivity contribution in [2.24, 2.45) is 12.8 Å². The second-order valence-corrected chi connectivity index (χ2v) is 3.43. The molecule has 2 rings (SSSR count). The normalized spacial score (nSPS) is 13.1. The minimum absolute atomic E-state index is 0.264. The Morgan fingerprint density at radius 3 is 2.92 bits per heavy atom. The lowest BCUT2D eigenvalue weighted by molar-refractivity contribution is 0.710. The Hall–Kier alpha value is -1.27. The van der Waals surface area contributed by atoms with Gasteiger partial charge in [-0.25, -0.2) is 4.98 Å². The van der Waals surface area contributed by atoms with Gasteiger partial charge in [0.1, 0.15) is 5.69 Å². The highest BCUT2D eigenvalue weighted by molar-refractivity contribution is 7.07. The maximum absolute atomic E-state index is 5.90. The standard InChI is InChI=1S/C7H9N5S/c1-12-2-5(10-11-12)7(8)6-3-13-4-9-6/h2-4,7H,8H2,1H3. The Labute approximate surface area is 79.2 Å². The van der Waals surface area contributed by atoms with E-state index in [1.807, 2.05) is 12.4 Å². The molecular formula is C7H9N5S. The van der Waals surface area contributed by atoms with Crippen molar-refractivity contribution in [1.29, 1.82) is 0 Å². The Kier molecular flexibility index (Phi) is 2.07. The molecule has 0 saturated heterocycles. The first-order chi connectivity index (χ1) is 6.27. The molecule has 68 valence electrons. The average molecular weight is 195 g/mol. The highest BCUT2D eigenvalue weighted by Gasteiger charge is 2.13. The molecule has 2 N–H and O–H groups in total. The topological polar surface area (TPSA) is 69.6 Å². The third kappa shape index (κ3) is 1.58. The molecule has 0 fully saturated rings. The fourth-order valence-electron chi connectivity index (χ4n) is 1.03. The average Bonchev–Trinajstić information content (AvgIpc) is 2.72. The van der Waals surface area contributed by atoms with Crippen LogP contribution in [0.3, 0.4) is 0 Å². The van der Waals surface area contributed by atoms with Gasteiger partial charge in [0.25, 0.3) is 0 Å². The van der Waals surface area contributed by atoms with Crippen molar-refractivity contribution in [1.82, 2.24) is 20.0 Å². The minimum Gasteiger partial charge on any atom is -0.318 e. The molecule has 2 heterocycles. The molecule has 6 heteroatoms. The Morgan fingerprint density at radius 2 is 2.38 bits per heavy atom. The molecule has 0 aromatic carbocycles. The van der Waals surface area contributed by atoms with E-state index in [1.54, 1.807) is 16.4 Å². The molecule has 13 heavy (non-hydrogen) atoms. The van der Waals surface area contributed by atoms with Crippen LogP contribution in [0.1, 0.15) is 17.4 Å². The highest BCUT2D eigenvalue weighted by Crippen LogP contribution is 2.16. The van der Waals surface area contributed by atoms with E-state index >= 15 is 0 Å². The second kappa shape index (κ2) is 3.23. The monoisotopic (exact) mass is 195 g/mol. The summed E-state index contributed by atoms with van der Waals surface area (Å²) in [7, 11) is 1.81. The molecule has 0 bridgehead atoms. The van der Waals surface area contributed by atoms with Crippen LogP contribution in [0.2, 0.25) is 0 Å². The van der Waals surface area contributed by atoms with Gasteiger partial charge in [0.15, 0.2) is 0 Å². The summed E-state index contributed by atoms with van der Waals surface area (Å²) in [5.74, 6) is 0. The van der Waals surface area contributed by atoms with E-state index in [0.29, 0.717) is 0 Å². The van der Waals surface area contributed by atoms with Crippen LogP contribution >= 0.6 is 11.3 Å². The molecule has 0 aliphatic rings. The van der Waals surface area contributed by atoms with Crippen molar-refractivity contribution >= 4 is 11.3 Å². The number of hydrogen-bond donors (Lipinski definition) is 1. The van der Waals surface area contributed by atoms with Crippen LogP contribution in [-0.4, -0.2) is 20.0 Å². The summed E-state index contributed by atoms with van der Waals surface area (Å²) in [4.78, 5) is 4.12. The van der Waals surface area contributed by atoms with Gasteiger partial charge in [0, 0.05) is 12.4 Å². The van der Waals surface area contributed by atoms with Crippen LogP contribution < -0.4 is 5.73 Å². The zero-order valence-electron chi connectivity index (χ0n) is 7.08. The molecule has 0 amide bonds. The maximum atomic E-state index is 5.90. The number of thiazole rings is 1. The lowest BCUT2D eigenvalue weighted by Gasteiger charge is -2.02. The summed E-state index contributed by atoms with van der Waals surface area (Å²) in [5, 5.41) is 9.65. The third-order valence-corrected chi connectivity index (χ3v) is 2.31. The molecule has 2 aromatic heterocycles. The van der Waals surface area contributed by atoms with Crippen LogP contribution in [0, 0.1) is 0 Å². The van der Waals surface area contributed by atoms with Gasteiger partial charge in [-0.1, -0.05) is 5.21 Å². The molecule has 0 radical (unpaired) electrons. The summed E-state index contributed by atoms with van der Waals surface area (Å²) in [6.45, 7) is 0. The van der Waals surface area contributed by atoms with Crippen LogP contribution in [0.25, 0.3) is 0 Å². The van der Waals surface area contributed by atoms with E-state index in [9.17, 15) is 0 Å². The molecule has 5 nitrogen and oxygen atoms in total. The van der Waals surface area contributed by atoms with Crippen molar-refractivity contribution in [2.75, 3.05) is 0 Å². The van der Waals surface area contributed by atoms with Gasteiger partial charge < -0.3 is 5.73 Å². The SMILES string of the molecule is Cn1cc(C(N)c2cscn2)nn1. The van der Waals surface area contributed by atoms with Crippen molar-refractivity contribution in [3.05, 3.63) is 28.5 Å². The van der Waals surface area contributed by atoms with Gasteiger partial charge in [-0.3, -0.25) is 4.68 Å². The number of nitrogens with zero attached hydrogens (tertiary/aromatic N) is 4. The van der Waals surface area contributed by atoms with Gasteiger partial charge in [-0.2, -0.15) is 0 Å². The zero-order valence-corrected chi connectivity index (χ0v) is 7.90. The van der Waals surface area contributed by atoms with Crippen molar-refractivity contribution in [3.8, 4) is 0 Å². The summed E-state index contributed by atoms with van der Waals surface area (Å²) < 4.78 is 1.63. The van der Waals surface area contributed by atoms with E-state index in [-0.39, 0.29) is 6.04 Å². The first kappa shape index (κ1) is 8.33. The summed E-state index contributed by atoms with van der Waals surface area (Å²) >= 11 is 1.52. The van der Waals surface area contributed by atoms with Crippen molar-refractivity contribution < 1.29 is 0 Å². The molecule has 0 aliphatic carbocycles. The summed E-state index contributed by atoms with van der Waals surface area (Å²) in [6.07, 6.45) is 1.80. The van der Waals surface area contributed by atoms with Gasteiger partial charge >= 0.3 is 0 Å². The third-order valence-electron chi connectivity index (χ3n) is 1.71. The largest absolute Gasteiger partial charge is 0.318 e. The molecule has 0 spiro atoms. The van der Waals surface area contributed by atoms with Crippen LogP contribution in [0.4, 0.5) is 0 Å². The smallest absolute Gasteiger partial charge is 0.106 e. The minimum atomic E-state index is -0.264. The number of rotatable bonds is 2. The molecule has 0 aliphatic heterocycles. The van der Waals surface area contributed by atoms with Crippen LogP contribution in [-0.2, 0) is 7.05 Å². The van der Waals surface area contributed by atoms with E-state index in [2.05, 4.69) is 15.3 Å². The molecule has 1 atom stereocenters. The number of hydrogen-bond acceptors (Lipinski definition) is 5. The predicted octanol–water partition coefficient (Wildman–Crippen LogP) is 0.320. The second-order valence-electron chi connectivity index (χ2n) is 2.71. The Morgan fingerprint density at radius 1 is 1.54 bits per heavy atom. The number of aromatic nitrogens is 4. The molecule has 0 saturated carbocycles. The summed E-state index contributed by atoms with van der Waals surface area (Å²) in [6, 6.07) is -0.264. The van der Waals surface area contributed by atoms with Gasteiger partial charge in [-0.15, -0.1) is 16.4 Å². The Bertz CT molecular complexity index is 379. The molecular weight excluding hydrogens is 186 g/mol. The molecule has 2 aromatic rings. The quantitative estimate of drug-likeness (QED) is 0.749. The predicted molar refractivity (Wildman–Crippen MR) is 49.1 cm³/mol. The molecule has 1 unspecified atom stereocenters. The lowest BCUT2D eigenvalue weighted by Crippen LogP contribution is -2.12. The van der Waals surface area contributed by atoms with Gasteiger partial charge in [-0.05, 0) is 0 Å². The zero-order chi connectivity index (χ0) is 9.26. The van der Waals surface area contributed by atoms with E-state index in [0.717, 1.165) is 11.4 Å². The number of aryl methyl sites for hydroxylation is 1. The van der Waals surface area contributed by atoms with Gasteiger partial charge in [0.2, 0.25) is 0 Å². The van der Waals surface area contributed by atoms with E-state index in [1.165, 1.54) is 11.3 Å².